The number of aryl methyl sites for hydroxylation is 2. The fourth-order valence-corrected chi connectivity index (χ4v) is 2.59. The van der Waals surface area contributed by atoms with Crippen molar-refractivity contribution in [1.29, 1.82) is 0 Å². The van der Waals surface area contributed by atoms with Gasteiger partial charge in [-0.15, -0.1) is 11.3 Å². The minimum atomic E-state index is -1.33. The largest absolute Gasteiger partial charge is 0.478 e. The van der Waals surface area contributed by atoms with E-state index in [-0.39, 0.29) is 5.56 Å². The van der Waals surface area contributed by atoms with Crippen LogP contribution >= 0.6 is 11.3 Å². The van der Waals surface area contributed by atoms with E-state index in [1.807, 2.05) is 13.8 Å². The molecule has 2 rings (SSSR count). The maximum Gasteiger partial charge on any atom is 0.355 e. The molecule has 0 aliphatic carbocycles. The third-order valence-electron chi connectivity index (χ3n) is 2.60. The summed E-state index contributed by atoms with van der Waals surface area (Å²) in [6, 6.07) is 1.38. The Hall–Kier alpha value is -1.95. The van der Waals surface area contributed by atoms with Gasteiger partial charge in [0.15, 0.2) is 5.69 Å². The zero-order valence-corrected chi connectivity index (χ0v) is 9.96. The third kappa shape index (κ3) is 1.76. The van der Waals surface area contributed by atoms with Crippen LogP contribution in [0.25, 0.3) is 10.2 Å². The number of aromatic carboxylic acids is 2. The Kier molecular flexibility index (Phi) is 2.59. The van der Waals surface area contributed by atoms with Crippen LogP contribution in [-0.4, -0.2) is 27.1 Å². The summed E-state index contributed by atoms with van der Waals surface area (Å²) in [4.78, 5) is 27.4. The van der Waals surface area contributed by atoms with Crippen molar-refractivity contribution < 1.29 is 19.8 Å². The SMILES string of the molecule is Cc1sc2nc(C(=O)O)c(C(=O)O)cc2c1C. The van der Waals surface area contributed by atoms with Gasteiger partial charge in [-0.2, -0.15) is 0 Å². The summed E-state index contributed by atoms with van der Waals surface area (Å²) < 4.78 is 0. The normalized spacial score (nSPS) is 10.7. The summed E-state index contributed by atoms with van der Waals surface area (Å²) in [7, 11) is 0. The highest BCUT2D eigenvalue weighted by Gasteiger charge is 2.20. The van der Waals surface area contributed by atoms with Crippen molar-refractivity contribution in [1.82, 2.24) is 4.98 Å². The number of fused-ring (bicyclic) bond motifs is 1. The molecule has 2 heterocycles. The van der Waals surface area contributed by atoms with Crippen LogP contribution in [0.4, 0.5) is 0 Å². The number of carboxylic acids is 2. The van der Waals surface area contributed by atoms with Gasteiger partial charge in [0.05, 0.1) is 5.56 Å². The second-order valence-electron chi connectivity index (χ2n) is 3.63. The average Bonchev–Trinajstić information content (AvgIpc) is 2.53. The van der Waals surface area contributed by atoms with Crippen molar-refractivity contribution >= 4 is 33.5 Å². The minimum Gasteiger partial charge on any atom is -0.478 e. The van der Waals surface area contributed by atoms with Crippen LogP contribution in [0.2, 0.25) is 0 Å². The van der Waals surface area contributed by atoms with E-state index in [1.165, 1.54) is 17.4 Å². The van der Waals surface area contributed by atoms with Crippen LogP contribution in [0.1, 0.15) is 31.3 Å². The van der Waals surface area contributed by atoms with Crippen molar-refractivity contribution in [2.45, 2.75) is 13.8 Å². The van der Waals surface area contributed by atoms with Gasteiger partial charge in [0.1, 0.15) is 4.83 Å². The first kappa shape index (κ1) is 11.5. The van der Waals surface area contributed by atoms with Gasteiger partial charge in [-0.05, 0) is 25.5 Å². The van der Waals surface area contributed by atoms with Crippen LogP contribution in [0.3, 0.4) is 0 Å². The molecule has 0 atom stereocenters. The van der Waals surface area contributed by atoms with Gasteiger partial charge in [0, 0.05) is 10.3 Å². The third-order valence-corrected chi connectivity index (χ3v) is 3.72. The summed E-state index contributed by atoms with van der Waals surface area (Å²) in [5.74, 6) is -2.60. The molecule has 88 valence electrons. The van der Waals surface area contributed by atoms with E-state index in [0.717, 1.165) is 10.4 Å². The molecule has 0 spiro atoms. The second-order valence-corrected chi connectivity index (χ2v) is 4.83. The van der Waals surface area contributed by atoms with Crippen molar-refractivity contribution in [3.05, 3.63) is 27.8 Å². The van der Waals surface area contributed by atoms with Crippen molar-refractivity contribution in [2.24, 2.45) is 0 Å². The predicted octanol–water partition coefficient (Wildman–Crippen LogP) is 2.31. The minimum absolute atomic E-state index is 0.272. The molecule has 0 saturated carbocycles. The van der Waals surface area contributed by atoms with E-state index in [9.17, 15) is 9.59 Å². The molecule has 0 unspecified atom stereocenters. The average molecular weight is 251 g/mol. The Morgan fingerprint density at radius 3 is 2.41 bits per heavy atom. The maximum absolute atomic E-state index is 11.0. The van der Waals surface area contributed by atoms with Crippen LogP contribution in [0, 0.1) is 13.8 Å². The Bertz CT molecular complexity index is 644. The van der Waals surface area contributed by atoms with Gasteiger partial charge >= 0.3 is 11.9 Å². The van der Waals surface area contributed by atoms with E-state index in [4.69, 9.17) is 10.2 Å². The smallest absolute Gasteiger partial charge is 0.355 e. The first-order valence-electron chi connectivity index (χ1n) is 4.79. The summed E-state index contributed by atoms with van der Waals surface area (Å²) in [6.07, 6.45) is 0. The van der Waals surface area contributed by atoms with E-state index in [0.29, 0.717) is 10.2 Å². The number of rotatable bonds is 2. The number of hydrogen-bond donors (Lipinski definition) is 2. The molecule has 0 aliphatic heterocycles. The number of hydrogen-bond acceptors (Lipinski definition) is 4. The molecule has 0 fully saturated rings. The summed E-state index contributed by atoms with van der Waals surface area (Å²) >= 11 is 1.36. The fraction of sp³-hybridized carbons (Fsp3) is 0.182. The molecule has 0 aromatic carbocycles. The molecular formula is C11H9NO4S. The molecule has 2 aromatic heterocycles. The Balaban J connectivity index is 2.86. The topological polar surface area (TPSA) is 87.5 Å². The van der Waals surface area contributed by atoms with E-state index in [2.05, 4.69) is 4.98 Å². The molecule has 0 amide bonds. The molecule has 0 radical (unpaired) electrons. The Labute approximate surface area is 100 Å². The van der Waals surface area contributed by atoms with Gasteiger partial charge in [-0.3, -0.25) is 0 Å². The van der Waals surface area contributed by atoms with E-state index < -0.39 is 17.6 Å². The lowest BCUT2D eigenvalue weighted by molar-refractivity contribution is 0.0647. The van der Waals surface area contributed by atoms with E-state index >= 15 is 0 Å². The molecule has 17 heavy (non-hydrogen) atoms. The number of aromatic nitrogens is 1. The van der Waals surface area contributed by atoms with Crippen LogP contribution in [0.5, 0.6) is 0 Å². The molecule has 0 saturated heterocycles. The van der Waals surface area contributed by atoms with Gasteiger partial charge < -0.3 is 10.2 Å². The summed E-state index contributed by atoms with van der Waals surface area (Å²) in [5, 5.41) is 18.6. The molecule has 5 nitrogen and oxygen atoms in total. The van der Waals surface area contributed by atoms with Crippen molar-refractivity contribution in [3.8, 4) is 0 Å². The summed E-state index contributed by atoms with van der Waals surface area (Å²) in [6.45, 7) is 3.75. The first-order chi connectivity index (χ1) is 7.91. The van der Waals surface area contributed by atoms with Gasteiger partial charge in [0.2, 0.25) is 0 Å². The number of carbonyl (C=O) groups is 2. The molecule has 2 aromatic rings. The lowest BCUT2D eigenvalue weighted by Crippen LogP contribution is -2.10. The highest BCUT2D eigenvalue weighted by Crippen LogP contribution is 2.30. The predicted molar refractivity (Wildman–Crippen MR) is 63.0 cm³/mol. The number of carboxylic acid groups (broad SMARTS) is 2. The highest BCUT2D eigenvalue weighted by molar-refractivity contribution is 7.18. The van der Waals surface area contributed by atoms with Crippen LogP contribution < -0.4 is 0 Å². The zero-order valence-electron chi connectivity index (χ0n) is 9.14. The number of pyridine rings is 1. The quantitative estimate of drug-likeness (QED) is 0.855. The number of nitrogens with zero attached hydrogens (tertiary/aromatic N) is 1. The lowest BCUT2D eigenvalue weighted by Gasteiger charge is -2.01. The Morgan fingerprint density at radius 2 is 1.88 bits per heavy atom. The molecule has 0 bridgehead atoms. The Morgan fingerprint density at radius 1 is 1.24 bits per heavy atom. The van der Waals surface area contributed by atoms with Crippen LogP contribution in [-0.2, 0) is 0 Å². The monoisotopic (exact) mass is 251 g/mol. The zero-order chi connectivity index (χ0) is 12.7. The standard InChI is InChI=1S/C11H9NO4S/c1-4-5(2)17-9-6(4)3-7(10(13)14)8(12-9)11(15)16/h3H,1-2H3,(H,13,14)(H,15,16). The van der Waals surface area contributed by atoms with E-state index in [1.54, 1.807) is 0 Å². The molecular weight excluding hydrogens is 242 g/mol. The molecule has 0 aliphatic rings. The lowest BCUT2D eigenvalue weighted by atomic mass is 10.1. The summed E-state index contributed by atoms with van der Waals surface area (Å²) in [5.41, 5.74) is 0.258. The second kappa shape index (κ2) is 3.81. The maximum atomic E-state index is 11.0. The molecule has 6 heteroatoms. The van der Waals surface area contributed by atoms with Gasteiger partial charge in [0.25, 0.3) is 0 Å². The highest BCUT2D eigenvalue weighted by atomic mass is 32.1. The first-order valence-corrected chi connectivity index (χ1v) is 5.60. The van der Waals surface area contributed by atoms with Gasteiger partial charge in [-0.1, -0.05) is 0 Å². The van der Waals surface area contributed by atoms with Gasteiger partial charge in [-0.25, -0.2) is 14.6 Å². The fourth-order valence-electron chi connectivity index (χ4n) is 1.58. The van der Waals surface area contributed by atoms with Crippen molar-refractivity contribution in [2.75, 3.05) is 0 Å². The molecule has 2 N–H and O–H groups in total. The van der Waals surface area contributed by atoms with Crippen LogP contribution in [0.15, 0.2) is 6.07 Å². The van der Waals surface area contributed by atoms with Crippen molar-refractivity contribution in [3.63, 3.8) is 0 Å². The number of thiophene rings is 1.